The van der Waals surface area contributed by atoms with Crippen LogP contribution in [0.25, 0.3) is 6.08 Å². The van der Waals surface area contributed by atoms with Crippen LogP contribution in [0.1, 0.15) is 29.8 Å². The van der Waals surface area contributed by atoms with Crippen molar-refractivity contribution in [2.24, 2.45) is 0 Å². The Bertz CT molecular complexity index is 1780. The summed E-state index contributed by atoms with van der Waals surface area (Å²) in [6.45, 7) is 0.523. The number of carbonyl (C=O) groups is 3. The molecule has 0 radical (unpaired) electrons. The number of hydrogen-bond acceptors (Lipinski definition) is 11. The van der Waals surface area contributed by atoms with Crippen molar-refractivity contribution in [3.8, 4) is 0 Å². The molecule has 2 aromatic carbocycles. The molecule has 0 saturated carbocycles. The number of hydrogen-bond donors (Lipinski definition) is 1. The Labute approximate surface area is 256 Å². The fraction of sp³-hybridized carbons (Fsp3) is 0.200. The predicted molar refractivity (Wildman–Crippen MR) is 160 cm³/mol. The Morgan fingerprint density at radius 2 is 1.70 bits per heavy atom. The number of anilines is 1. The second-order valence-electron chi connectivity index (χ2n) is 10.3. The van der Waals surface area contributed by atoms with Gasteiger partial charge in [-0.05, 0) is 36.3 Å². The zero-order valence-corrected chi connectivity index (χ0v) is 24.8. The number of carbonyl (C=O) groups excluding carboxylic acids is 3. The minimum Gasteiger partial charge on any atom is -0.451 e. The van der Waals surface area contributed by atoms with Crippen LogP contribution in [0.2, 0.25) is 0 Å². The average molecular weight is 632 g/mol. The molecule has 0 aliphatic carbocycles. The highest BCUT2D eigenvalue weighted by atomic mass is 32.2. The van der Waals surface area contributed by atoms with E-state index in [1.54, 1.807) is 66.7 Å². The van der Waals surface area contributed by atoms with Crippen LogP contribution in [0.5, 0.6) is 0 Å². The standard InChI is InChI=1S/C30H25N5O7S2/c1-30(17-41-29(38)33-28-34-32-18-43-28)24(27(37)42-23(19-10-4-2-5-11-19)20-12-6-3-7-13-20)35-25(36)22(26(35)44(30,39)40)16-21-14-8-9-15-31-21/h2-16,18,23-24,26H,17H2,1H3,(H,33,34,38)/b22-16-/t24-,26+,30-/m0/s1. The van der Waals surface area contributed by atoms with Gasteiger partial charge in [-0.1, -0.05) is 78.1 Å². The maximum Gasteiger partial charge on any atom is 0.413 e. The van der Waals surface area contributed by atoms with E-state index in [0.717, 1.165) is 16.2 Å². The summed E-state index contributed by atoms with van der Waals surface area (Å²) in [4.78, 5) is 45.4. The van der Waals surface area contributed by atoms with Crippen LogP contribution in [0.4, 0.5) is 9.93 Å². The van der Waals surface area contributed by atoms with Gasteiger partial charge in [-0.15, -0.1) is 10.2 Å². The summed E-state index contributed by atoms with van der Waals surface area (Å²) in [5.41, 5.74) is 3.01. The summed E-state index contributed by atoms with van der Waals surface area (Å²) in [6.07, 6.45) is 0.993. The van der Waals surface area contributed by atoms with Crippen molar-refractivity contribution in [2.45, 2.75) is 29.2 Å². The minimum absolute atomic E-state index is 0.0498. The van der Waals surface area contributed by atoms with Crippen molar-refractivity contribution >= 4 is 50.4 Å². The van der Waals surface area contributed by atoms with Crippen LogP contribution < -0.4 is 5.32 Å². The Hall–Kier alpha value is -4.95. The topological polar surface area (TPSA) is 158 Å². The SMILES string of the molecule is C[C@]1(COC(=O)Nc2nncs2)[C@H](C(=O)OC(c2ccccc2)c2ccccc2)N2C(=O)/C(=C/c3ccccn3)[C@H]2S1(=O)=O. The third-order valence-corrected chi connectivity index (χ3v) is 10.8. The van der Waals surface area contributed by atoms with E-state index in [1.807, 2.05) is 12.1 Å². The summed E-state index contributed by atoms with van der Waals surface area (Å²) >= 11 is 1.04. The average Bonchev–Trinajstić information content (AvgIpc) is 3.60. The van der Waals surface area contributed by atoms with Crippen LogP contribution in [0.15, 0.2) is 96.1 Å². The molecule has 2 aliphatic heterocycles. The number of β-lactam (4-membered cyclic amide) rings is 1. The number of nitrogens with one attached hydrogen (secondary N) is 1. The van der Waals surface area contributed by atoms with Gasteiger partial charge >= 0.3 is 12.1 Å². The quantitative estimate of drug-likeness (QED) is 0.173. The van der Waals surface area contributed by atoms with Gasteiger partial charge in [0.05, 0.1) is 11.3 Å². The molecule has 44 heavy (non-hydrogen) atoms. The van der Waals surface area contributed by atoms with E-state index in [9.17, 15) is 22.8 Å². The lowest BCUT2D eigenvalue weighted by atomic mass is 9.94. The molecule has 3 atom stereocenters. The molecule has 0 bridgehead atoms. The third kappa shape index (κ3) is 5.11. The number of fused-ring (bicyclic) bond motifs is 1. The number of esters is 1. The molecule has 14 heteroatoms. The zero-order valence-electron chi connectivity index (χ0n) is 23.1. The molecule has 6 rings (SSSR count). The summed E-state index contributed by atoms with van der Waals surface area (Å²) in [6, 6.07) is 21.3. The molecule has 0 spiro atoms. The molecule has 1 N–H and O–H groups in total. The van der Waals surface area contributed by atoms with Gasteiger partial charge in [-0.3, -0.25) is 15.1 Å². The number of aromatic nitrogens is 3. The highest BCUT2D eigenvalue weighted by molar-refractivity contribution is 7.94. The molecule has 2 fully saturated rings. The molecule has 0 unspecified atom stereocenters. The van der Waals surface area contributed by atoms with E-state index in [4.69, 9.17) is 9.47 Å². The van der Waals surface area contributed by atoms with Gasteiger partial charge in [0.1, 0.15) is 16.9 Å². The maximum absolute atomic E-state index is 14.2. The molecular formula is C30H25N5O7S2. The Morgan fingerprint density at radius 3 is 2.30 bits per heavy atom. The van der Waals surface area contributed by atoms with Gasteiger partial charge in [0.25, 0.3) is 5.91 Å². The summed E-state index contributed by atoms with van der Waals surface area (Å²) in [5.74, 6) is -1.63. The number of amides is 2. The van der Waals surface area contributed by atoms with Crippen molar-refractivity contribution in [1.82, 2.24) is 20.1 Å². The molecule has 4 aromatic rings. The maximum atomic E-state index is 14.2. The summed E-state index contributed by atoms with van der Waals surface area (Å²) in [5, 5.41) is 8.37. The second kappa shape index (κ2) is 11.6. The first-order chi connectivity index (χ1) is 21.2. The summed E-state index contributed by atoms with van der Waals surface area (Å²) < 4.78 is 37.7. The number of ether oxygens (including phenoxy) is 2. The van der Waals surface area contributed by atoms with Gasteiger partial charge in [0, 0.05) is 6.20 Å². The Kier molecular flexibility index (Phi) is 7.69. The Morgan fingerprint density at radius 1 is 1.05 bits per heavy atom. The molecule has 2 aliphatic rings. The molecule has 2 saturated heterocycles. The van der Waals surface area contributed by atoms with E-state index in [-0.39, 0.29) is 10.7 Å². The van der Waals surface area contributed by atoms with Crippen LogP contribution in [0, 0.1) is 0 Å². The molecule has 224 valence electrons. The highest BCUT2D eigenvalue weighted by Crippen LogP contribution is 2.50. The van der Waals surface area contributed by atoms with Gasteiger partial charge < -0.3 is 14.4 Å². The normalized spacial score (nSPS) is 22.7. The lowest BCUT2D eigenvalue weighted by molar-refractivity contribution is -0.161. The van der Waals surface area contributed by atoms with Crippen molar-refractivity contribution in [1.29, 1.82) is 0 Å². The largest absolute Gasteiger partial charge is 0.451 e. The fourth-order valence-corrected chi connectivity index (χ4v) is 8.03. The van der Waals surface area contributed by atoms with E-state index < -0.39 is 56.7 Å². The zero-order chi connectivity index (χ0) is 30.9. The third-order valence-electron chi connectivity index (χ3n) is 7.51. The number of pyridine rings is 1. The first kappa shape index (κ1) is 29.1. The van der Waals surface area contributed by atoms with Crippen LogP contribution in [-0.2, 0) is 28.9 Å². The molecule has 2 aromatic heterocycles. The minimum atomic E-state index is -4.37. The van der Waals surface area contributed by atoms with E-state index in [0.29, 0.717) is 16.8 Å². The number of nitrogens with zero attached hydrogens (tertiary/aromatic N) is 4. The van der Waals surface area contributed by atoms with Gasteiger partial charge in [-0.2, -0.15) is 0 Å². The fourth-order valence-electron chi connectivity index (χ4n) is 5.32. The van der Waals surface area contributed by atoms with Crippen LogP contribution in [0.3, 0.4) is 0 Å². The van der Waals surface area contributed by atoms with E-state index in [1.165, 1.54) is 24.7 Å². The smallest absolute Gasteiger partial charge is 0.413 e. The molecular weight excluding hydrogens is 606 g/mol. The molecule has 12 nitrogen and oxygen atoms in total. The summed E-state index contributed by atoms with van der Waals surface area (Å²) in [7, 11) is -4.37. The van der Waals surface area contributed by atoms with E-state index in [2.05, 4.69) is 20.5 Å². The number of benzene rings is 2. The first-order valence-corrected chi connectivity index (χ1v) is 15.8. The van der Waals surface area contributed by atoms with Crippen molar-refractivity contribution in [2.75, 3.05) is 11.9 Å². The number of sulfone groups is 1. The second-order valence-corrected chi connectivity index (χ2v) is 13.6. The highest BCUT2D eigenvalue weighted by Gasteiger charge is 2.73. The lowest BCUT2D eigenvalue weighted by Gasteiger charge is -2.39. The van der Waals surface area contributed by atoms with Crippen molar-refractivity contribution < 1.29 is 32.3 Å². The van der Waals surface area contributed by atoms with Gasteiger partial charge in [0.2, 0.25) is 5.13 Å². The van der Waals surface area contributed by atoms with Crippen molar-refractivity contribution in [3.63, 3.8) is 0 Å². The predicted octanol–water partition coefficient (Wildman–Crippen LogP) is 3.62. The monoisotopic (exact) mass is 631 g/mol. The van der Waals surface area contributed by atoms with Gasteiger partial charge in [0.15, 0.2) is 27.4 Å². The van der Waals surface area contributed by atoms with Crippen molar-refractivity contribution in [3.05, 3.63) is 113 Å². The first-order valence-electron chi connectivity index (χ1n) is 13.4. The number of rotatable bonds is 8. The van der Waals surface area contributed by atoms with E-state index >= 15 is 0 Å². The Balaban J connectivity index is 1.37. The molecule has 2 amide bonds. The van der Waals surface area contributed by atoms with Crippen LogP contribution in [-0.4, -0.2) is 69.2 Å². The van der Waals surface area contributed by atoms with Crippen LogP contribution >= 0.6 is 11.3 Å². The lowest BCUT2D eigenvalue weighted by Crippen LogP contribution is -2.60. The molecule has 4 heterocycles. The van der Waals surface area contributed by atoms with Gasteiger partial charge in [-0.25, -0.2) is 18.0 Å².